The smallest absolute Gasteiger partial charge is 0.168 e. The Labute approximate surface area is 78.8 Å². The Morgan fingerprint density at radius 2 is 2.00 bits per heavy atom. The molecule has 1 heterocycles. The fourth-order valence-electron chi connectivity index (χ4n) is 1.31. The van der Waals surface area contributed by atoms with E-state index < -0.39 is 11.6 Å². The van der Waals surface area contributed by atoms with Crippen molar-refractivity contribution in [3.8, 4) is 5.75 Å². The molecule has 0 radical (unpaired) electrons. The zero-order valence-electron chi connectivity index (χ0n) is 7.38. The number of hydrogen-bond acceptors (Lipinski definition) is 2. The number of aromatic hydroxyl groups is 1. The van der Waals surface area contributed by atoms with E-state index in [9.17, 15) is 13.9 Å². The quantitative estimate of drug-likeness (QED) is 0.700. The number of benzene rings is 1. The summed E-state index contributed by atoms with van der Waals surface area (Å²) in [6, 6.07) is 3.68. The molecule has 2 rings (SSSR count). The highest BCUT2D eigenvalue weighted by atomic mass is 19.2. The molecule has 0 spiro atoms. The van der Waals surface area contributed by atoms with Crippen molar-refractivity contribution in [2.75, 3.05) is 0 Å². The first-order valence-electron chi connectivity index (χ1n) is 4.04. The Balaban J connectivity index is 2.94. The molecule has 0 aliphatic rings. The first-order valence-corrected chi connectivity index (χ1v) is 4.04. The molecule has 14 heavy (non-hydrogen) atoms. The number of hydrogen-bond donors (Lipinski definition) is 1. The van der Waals surface area contributed by atoms with Gasteiger partial charge in [-0.2, -0.15) is 0 Å². The molecule has 0 saturated carbocycles. The van der Waals surface area contributed by atoms with Crippen LogP contribution < -0.4 is 0 Å². The van der Waals surface area contributed by atoms with E-state index in [1.54, 1.807) is 13.0 Å². The van der Waals surface area contributed by atoms with Crippen molar-refractivity contribution in [1.82, 2.24) is 4.98 Å². The molecule has 2 aromatic rings. The molecule has 0 atom stereocenters. The molecule has 72 valence electrons. The number of phenolic OH excluding ortho intramolecular Hbond substituents is 1. The van der Waals surface area contributed by atoms with Gasteiger partial charge in [0.05, 0.1) is 0 Å². The summed E-state index contributed by atoms with van der Waals surface area (Å²) >= 11 is 0. The van der Waals surface area contributed by atoms with Gasteiger partial charge < -0.3 is 5.11 Å². The third-order valence-electron chi connectivity index (χ3n) is 1.99. The molecule has 1 N–H and O–H groups in total. The molecule has 0 unspecified atom stereocenters. The topological polar surface area (TPSA) is 33.1 Å². The van der Waals surface area contributed by atoms with Crippen LogP contribution in [0.25, 0.3) is 10.9 Å². The summed E-state index contributed by atoms with van der Waals surface area (Å²) in [5, 5.41) is 9.33. The van der Waals surface area contributed by atoms with Crippen molar-refractivity contribution < 1.29 is 13.9 Å². The number of phenols is 1. The first-order chi connectivity index (χ1) is 6.59. The number of aryl methyl sites for hydroxylation is 1. The van der Waals surface area contributed by atoms with Crippen molar-refractivity contribution in [2.45, 2.75) is 6.92 Å². The van der Waals surface area contributed by atoms with Crippen molar-refractivity contribution in [3.63, 3.8) is 0 Å². The first kappa shape index (κ1) is 8.87. The van der Waals surface area contributed by atoms with Gasteiger partial charge in [-0.05, 0) is 19.1 Å². The van der Waals surface area contributed by atoms with Gasteiger partial charge in [0, 0.05) is 17.1 Å². The van der Waals surface area contributed by atoms with E-state index in [1.165, 1.54) is 6.07 Å². The van der Waals surface area contributed by atoms with Crippen LogP contribution >= 0.6 is 0 Å². The molecule has 0 bridgehead atoms. The number of halogens is 2. The Morgan fingerprint density at radius 3 is 2.71 bits per heavy atom. The molecule has 1 aromatic carbocycles. The minimum Gasteiger partial charge on any atom is -0.506 e. The second kappa shape index (κ2) is 2.90. The number of fused-ring (bicyclic) bond motifs is 1. The molecular formula is C10H7F2NO. The van der Waals surface area contributed by atoms with Crippen LogP contribution in [0.2, 0.25) is 0 Å². The van der Waals surface area contributed by atoms with Crippen LogP contribution in [0.1, 0.15) is 5.69 Å². The number of aromatic nitrogens is 1. The molecule has 0 aliphatic heterocycles. The highest BCUT2D eigenvalue weighted by Gasteiger charge is 2.12. The monoisotopic (exact) mass is 195 g/mol. The molecule has 2 nitrogen and oxygen atoms in total. The van der Waals surface area contributed by atoms with E-state index in [1.807, 2.05) is 0 Å². The van der Waals surface area contributed by atoms with Gasteiger partial charge >= 0.3 is 0 Å². The lowest BCUT2D eigenvalue weighted by atomic mass is 10.1. The predicted octanol–water partition coefficient (Wildman–Crippen LogP) is 2.53. The van der Waals surface area contributed by atoms with E-state index in [2.05, 4.69) is 4.98 Å². The molecule has 0 saturated heterocycles. The summed E-state index contributed by atoms with van der Waals surface area (Å²) in [5.41, 5.74) is 0.725. The van der Waals surface area contributed by atoms with Gasteiger partial charge in [0.1, 0.15) is 11.3 Å². The zero-order valence-corrected chi connectivity index (χ0v) is 7.38. The van der Waals surface area contributed by atoms with Crippen LogP contribution in [0.5, 0.6) is 5.75 Å². The Hall–Kier alpha value is -1.71. The van der Waals surface area contributed by atoms with Gasteiger partial charge in [0.25, 0.3) is 0 Å². The maximum absolute atomic E-state index is 13.2. The number of pyridine rings is 1. The van der Waals surface area contributed by atoms with Crippen molar-refractivity contribution >= 4 is 10.9 Å². The van der Waals surface area contributed by atoms with E-state index in [0.29, 0.717) is 5.69 Å². The summed E-state index contributed by atoms with van der Waals surface area (Å²) in [5.74, 6) is -2.39. The summed E-state index contributed by atoms with van der Waals surface area (Å²) in [6.07, 6.45) is 0. The number of nitrogens with zero attached hydrogens (tertiary/aromatic N) is 1. The SMILES string of the molecule is Cc1ccc2c(F)c(F)cc(O)c2n1. The number of rotatable bonds is 0. The van der Waals surface area contributed by atoms with Gasteiger partial charge in [-0.25, -0.2) is 13.8 Å². The van der Waals surface area contributed by atoms with Gasteiger partial charge in [-0.1, -0.05) is 0 Å². The van der Waals surface area contributed by atoms with Gasteiger partial charge in [-0.15, -0.1) is 0 Å². The molecule has 0 fully saturated rings. The lowest BCUT2D eigenvalue weighted by molar-refractivity contribution is 0.463. The summed E-state index contributed by atoms with van der Waals surface area (Å²) in [4.78, 5) is 3.92. The van der Waals surface area contributed by atoms with Crippen LogP contribution in [0.4, 0.5) is 8.78 Å². The maximum atomic E-state index is 13.2. The average Bonchev–Trinajstić information content (AvgIpc) is 2.14. The molecule has 4 heteroatoms. The van der Waals surface area contributed by atoms with Crippen LogP contribution in [0.15, 0.2) is 18.2 Å². The van der Waals surface area contributed by atoms with Crippen molar-refractivity contribution in [2.24, 2.45) is 0 Å². The fraction of sp³-hybridized carbons (Fsp3) is 0.100. The van der Waals surface area contributed by atoms with E-state index in [0.717, 1.165) is 6.07 Å². The van der Waals surface area contributed by atoms with Gasteiger partial charge in [0.15, 0.2) is 11.6 Å². The van der Waals surface area contributed by atoms with Crippen LogP contribution in [0, 0.1) is 18.6 Å². The summed E-state index contributed by atoms with van der Waals surface area (Å²) < 4.78 is 26.0. The van der Waals surface area contributed by atoms with Crippen LogP contribution in [-0.4, -0.2) is 10.1 Å². The minimum absolute atomic E-state index is 0.00639. The van der Waals surface area contributed by atoms with E-state index in [-0.39, 0.29) is 16.7 Å². The summed E-state index contributed by atoms with van der Waals surface area (Å²) in [6.45, 7) is 1.71. The minimum atomic E-state index is -1.07. The van der Waals surface area contributed by atoms with Gasteiger partial charge in [0.2, 0.25) is 0 Å². The van der Waals surface area contributed by atoms with Gasteiger partial charge in [-0.3, -0.25) is 0 Å². The molecule has 1 aromatic heterocycles. The normalized spacial score (nSPS) is 10.8. The zero-order chi connectivity index (χ0) is 10.3. The third kappa shape index (κ3) is 1.19. The second-order valence-electron chi connectivity index (χ2n) is 3.04. The third-order valence-corrected chi connectivity index (χ3v) is 1.99. The van der Waals surface area contributed by atoms with E-state index in [4.69, 9.17) is 0 Å². The Kier molecular flexibility index (Phi) is 1.84. The highest BCUT2D eigenvalue weighted by Crippen LogP contribution is 2.27. The molecule has 0 amide bonds. The standard InChI is InChI=1S/C10H7F2NO/c1-5-2-3-6-9(12)7(11)4-8(14)10(6)13-5/h2-4,14H,1H3. The average molecular weight is 195 g/mol. The Morgan fingerprint density at radius 1 is 1.29 bits per heavy atom. The van der Waals surface area contributed by atoms with Crippen LogP contribution in [-0.2, 0) is 0 Å². The summed E-state index contributed by atoms with van der Waals surface area (Å²) in [7, 11) is 0. The second-order valence-corrected chi connectivity index (χ2v) is 3.04. The highest BCUT2D eigenvalue weighted by molar-refractivity contribution is 5.85. The van der Waals surface area contributed by atoms with Crippen LogP contribution in [0.3, 0.4) is 0 Å². The molecular weight excluding hydrogens is 188 g/mol. The fourth-order valence-corrected chi connectivity index (χ4v) is 1.31. The largest absolute Gasteiger partial charge is 0.506 e. The lowest BCUT2D eigenvalue weighted by Crippen LogP contribution is -1.90. The van der Waals surface area contributed by atoms with E-state index >= 15 is 0 Å². The molecule has 0 aliphatic carbocycles. The predicted molar refractivity (Wildman–Crippen MR) is 48.1 cm³/mol. The maximum Gasteiger partial charge on any atom is 0.168 e. The Bertz CT molecular complexity index is 511. The van der Waals surface area contributed by atoms with Crippen molar-refractivity contribution in [3.05, 3.63) is 35.5 Å². The lowest BCUT2D eigenvalue weighted by Gasteiger charge is -2.03. The van der Waals surface area contributed by atoms with Crippen molar-refractivity contribution in [1.29, 1.82) is 0 Å².